The Kier molecular flexibility index (Phi) is 4.76. The van der Waals surface area contributed by atoms with E-state index in [1.54, 1.807) is 31.1 Å². The van der Waals surface area contributed by atoms with Crippen molar-refractivity contribution in [2.45, 2.75) is 6.18 Å². The molecular formula is C14H13F3N2. The third-order valence-corrected chi connectivity index (χ3v) is 2.39. The lowest BCUT2D eigenvalue weighted by Gasteiger charge is -2.18. The molecule has 0 spiro atoms. The molecule has 19 heavy (non-hydrogen) atoms. The highest BCUT2D eigenvalue weighted by molar-refractivity contribution is 5.66. The van der Waals surface area contributed by atoms with Crippen molar-refractivity contribution in [2.75, 3.05) is 14.1 Å². The fraction of sp³-hybridized carbons (Fsp3) is 0.214. The van der Waals surface area contributed by atoms with Crippen LogP contribution in [0.15, 0.2) is 42.5 Å². The zero-order valence-electron chi connectivity index (χ0n) is 10.6. The first-order valence-corrected chi connectivity index (χ1v) is 5.47. The molecule has 0 N–H and O–H groups in total. The summed E-state index contributed by atoms with van der Waals surface area (Å²) in [6.45, 7) is 0. The van der Waals surface area contributed by atoms with Gasteiger partial charge in [0.05, 0.1) is 11.6 Å². The van der Waals surface area contributed by atoms with Gasteiger partial charge in [-0.2, -0.15) is 18.4 Å². The van der Waals surface area contributed by atoms with Gasteiger partial charge in [0.25, 0.3) is 0 Å². The number of allylic oxidation sites excluding steroid dienone is 3. The van der Waals surface area contributed by atoms with E-state index in [0.717, 1.165) is 12.1 Å². The molecule has 2 nitrogen and oxygen atoms in total. The van der Waals surface area contributed by atoms with Crippen molar-refractivity contribution < 1.29 is 13.2 Å². The fourth-order valence-electron chi connectivity index (χ4n) is 1.54. The summed E-state index contributed by atoms with van der Waals surface area (Å²) in [5, 5.41) is 8.41. The Morgan fingerprint density at radius 3 is 2.53 bits per heavy atom. The van der Waals surface area contributed by atoms with Crippen molar-refractivity contribution in [3.63, 3.8) is 0 Å². The predicted molar refractivity (Wildman–Crippen MR) is 67.9 cm³/mol. The largest absolute Gasteiger partial charge is 0.416 e. The van der Waals surface area contributed by atoms with Crippen LogP contribution in [-0.2, 0) is 6.18 Å². The molecule has 1 aromatic rings. The minimum Gasteiger partial charge on any atom is -0.377 e. The number of nitrogens with zero attached hydrogens (tertiary/aromatic N) is 2. The molecule has 5 heteroatoms. The maximum Gasteiger partial charge on any atom is 0.416 e. The summed E-state index contributed by atoms with van der Waals surface area (Å²) in [6.07, 6.45) is -0.0126. The van der Waals surface area contributed by atoms with Crippen molar-refractivity contribution in [3.8, 4) is 6.07 Å². The molecule has 0 saturated carbocycles. The Hall–Kier alpha value is -2.22. The molecule has 0 aromatic heterocycles. The molecule has 0 aliphatic carbocycles. The van der Waals surface area contributed by atoms with E-state index in [1.165, 1.54) is 18.2 Å². The van der Waals surface area contributed by atoms with Crippen LogP contribution < -0.4 is 0 Å². The van der Waals surface area contributed by atoms with Gasteiger partial charge in [0.15, 0.2) is 0 Å². The number of alkyl halides is 3. The molecule has 0 atom stereocenters. The molecule has 0 heterocycles. The number of rotatable bonds is 3. The van der Waals surface area contributed by atoms with Gasteiger partial charge in [-0.3, -0.25) is 0 Å². The molecule has 0 saturated heterocycles. The zero-order valence-corrected chi connectivity index (χ0v) is 10.6. The summed E-state index contributed by atoms with van der Waals surface area (Å²) < 4.78 is 37.9. The topological polar surface area (TPSA) is 27.0 Å². The molecule has 1 aromatic carbocycles. The van der Waals surface area contributed by atoms with Gasteiger partial charge >= 0.3 is 6.18 Å². The maximum absolute atomic E-state index is 12.6. The lowest BCUT2D eigenvalue weighted by Crippen LogP contribution is -2.11. The average molecular weight is 266 g/mol. The Bertz CT molecular complexity index is 534. The Morgan fingerprint density at radius 1 is 1.32 bits per heavy atom. The molecule has 0 bridgehead atoms. The number of benzene rings is 1. The highest BCUT2D eigenvalue weighted by atomic mass is 19.4. The third-order valence-electron chi connectivity index (χ3n) is 2.39. The van der Waals surface area contributed by atoms with Gasteiger partial charge in [0.2, 0.25) is 0 Å². The second kappa shape index (κ2) is 6.10. The summed E-state index contributed by atoms with van der Waals surface area (Å²) in [5.74, 6) is 0. The molecule has 100 valence electrons. The van der Waals surface area contributed by atoms with E-state index in [4.69, 9.17) is 5.26 Å². The molecule has 1 rings (SSSR count). The van der Waals surface area contributed by atoms with E-state index in [2.05, 4.69) is 0 Å². The monoisotopic (exact) mass is 266 g/mol. The van der Waals surface area contributed by atoms with Crippen LogP contribution in [0.2, 0.25) is 0 Å². The highest BCUT2D eigenvalue weighted by Crippen LogP contribution is 2.31. The van der Waals surface area contributed by atoms with Crippen LogP contribution in [0.5, 0.6) is 0 Å². The summed E-state index contributed by atoms with van der Waals surface area (Å²) in [6, 6.07) is 6.91. The van der Waals surface area contributed by atoms with Gasteiger partial charge in [0, 0.05) is 25.9 Å². The number of hydrogen-bond donors (Lipinski definition) is 0. The van der Waals surface area contributed by atoms with Crippen molar-refractivity contribution >= 4 is 5.70 Å². The van der Waals surface area contributed by atoms with Crippen LogP contribution in [0.4, 0.5) is 13.2 Å². The molecular weight excluding hydrogens is 253 g/mol. The van der Waals surface area contributed by atoms with E-state index in [9.17, 15) is 13.2 Å². The van der Waals surface area contributed by atoms with Crippen LogP contribution >= 0.6 is 0 Å². The van der Waals surface area contributed by atoms with E-state index >= 15 is 0 Å². The summed E-state index contributed by atoms with van der Waals surface area (Å²) in [5.41, 5.74) is 0.349. The first kappa shape index (κ1) is 14.8. The Balaban J connectivity index is 3.22. The van der Waals surface area contributed by atoms with Crippen LogP contribution in [0.25, 0.3) is 5.70 Å². The first-order valence-electron chi connectivity index (χ1n) is 5.47. The van der Waals surface area contributed by atoms with E-state index in [1.807, 2.05) is 6.07 Å². The fourth-order valence-corrected chi connectivity index (χ4v) is 1.54. The highest BCUT2D eigenvalue weighted by Gasteiger charge is 2.30. The van der Waals surface area contributed by atoms with Gasteiger partial charge in [-0.25, -0.2) is 0 Å². The number of hydrogen-bond acceptors (Lipinski definition) is 2. The minimum absolute atomic E-state index is 0.447. The molecule has 0 radical (unpaired) electrons. The third kappa shape index (κ3) is 4.18. The van der Waals surface area contributed by atoms with Gasteiger partial charge in [-0.15, -0.1) is 0 Å². The number of nitriles is 1. The van der Waals surface area contributed by atoms with Gasteiger partial charge in [-0.05, 0) is 29.8 Å². The lowest BCUT2D eigenvalue weighted by molar-refractivity contribution is -0.137. The molecule has 0 fully saturated rings. The smallest absolute Gasteiger partial charge is 0.377 e. The summed E-state index contributed by atoms with van der Waals surface area (Å²) >= 11 is 0. The predicted octanol–water partition coefficient (Wildman–Crippen LogP) is 3.69. The minimum atomic E-state index is -4.37. The molecule has 0 amide bonds. The van der Waals surface area contributed by atoms with E-state index in [-0.39, 0.29) is 0 Å². The lowest BCUT2D eigenvalue weighted by atomic mass is 10.1. The van der Waals surface area contributed by atoms with Crippen LogP contribution in [-0.4, -0.2) is 19.0 Å². The quantitative estimate of drug-likeness (QED) is 0.616. The van der Waals surface area contributed by atoms with E-state index in [0.29, 0.717) is 11.3 Å². The standard InChI is InChI=1S/C14H13F3N2/c1-19(2)13(8-3-4-9-18)11-6-5-7-12(10-11)14(15,16)17/h3-8,10H,1-2H3/b4-3+,13-8+. The van der Waals surface area contributed by atoms with E-state index < -0.39 is 11.7 Å². The van der Waals surface area contributed by atoms with Gasteiger partial charge in [0.1, 0.15) is 0 Å². The van der Waals surface area contributed by atoms with Crippen molar-refractivity contribution in [1.29, 1.82) is 5.26 Å². The maximum atomic E-state index is 12.6. The first-order chi connectivity index (χ1) is 8.86. The SMILES string of the molecule is CN(C)/C(=C/C=C/C#N)c1cccc(C(F)(F)F)c1. The average Bonchev–Trinajstić information content (AvgIpc) is 2.33. The Morgan fingerprint density at radius 2 is 2.00 bits per heavy atom. The van der Waals surface area contributed by atoms with Crippen molar-refractivity contribution in [2.24, 2.45) is 0 Å². The van der Waals surface area contributed by atoms with Crippen LogP contribution in [0.1, 0.15) is 11.1 Å². The van der Waals surface area contributed by atoms with Crippen molar-refractivity contribution in [3.05, 3.63) is 53.6 Å². The van der Waals surface area contributed by atoms with Crippen molar-refractivity contribution in [1.82, 2.24) is 4.90 Å². The molecule has 0 aliphatic heterocycles. The second-order valence-corrected chi connectivity index (χ2v) is 4.01. The van der Waals surface area contributed by atoms with Gasteiger partial charge in [-0.1, -0.05) is 12.1 Å². The second-order valence-electron chi connectivity index (χ2n) is 4.01. The van der Waals surface area contributed by atoms with Gasteiger partial charge < -0.3 is 4.90 Å². The zero-order chi connectivity index (χ0) is 14.5. The summed E-state index contributed by atoms with van der Waals surface area (Å²) in [4.78, 5) is 1.69. The molecule has 0 unspecified atom stereocenters. The normalized spacial score (nSPS) is 12.5. The summed E-state index contributed by atoms with van der Waals surface area (Å²) in [7, 11) is 3.46. The number of halogens is 3. The molecule has 0 aliphatic rings. The van der Waals surface area contributed by atoms with Crippen LogP contribution in [0.3, 0.4) is 0 Å². The Labute approximate surface area is 110 Å². The van der Waals surface area contributed by atoms with Crippen LogP contribution in [0, 0.1) is 11.3 Å².